The fraction of sp³-hybridized carbons (Fsp3) is 0.455. The van der Waals surface area contributed by atoms with Gasteiger partial charge in [0.15, 0.2) is 0 Å². The summed E-state index contributed by atoms with van der Waals surface area (Å²) in [7, 11) is -2.94. The summed E-state index contributed by atoms with van der Waals surface area (Å²) in [5.41, 5.74) is 8.07. The van der Waals surface area contributed by atoms with Gasteiger partial charge in [0.1, 0.15) is 9.84 Å². The zero-order chi connectivity index (χ0) is 12.3. The smallest absolute Gasteiger partial charge is 0.147 e. The van der Waals surface area contributed by atoms with Crippen LogP contribution in [0.15, 0.2) is 22.7 Å². The molecule has 3 nitrogen and oxygen atoms in total. The minimum Gasteiger partial charge on any atom is -0.324 e. The van der Waals surface area contributed by atoms with Crippen LogP contribution in [0.2, 0.25) is 0 Å². The lowest BCUT2D eigenvalue weighted by Crippen LogP contribution is -2.16. The Kier molecular flexibility index (Phi) is 4.52. The maximum absolute atomic E-state index is 11.1. The van der Waals surface area contributed by atoms with Crippen molar-refractivity contribution in [3.05, 3.63) is 33.8 Å². The molecule has 2 N–H and O–H groups in total. The molecule has 0 fully saturated rings. The van der Waals surface area contributed by atoms with Gasteiger partial charge in [0, 0.05) is 16.8 Å². The van der Waals surface area contributed by atoms with E-state index < -0.39 is 9.84 Å². The predicted molar refractivity (Wildman–Crippen MR) is 70.1 cm³/mol. The molecule has 0 aliphatic carbocycles. The molecule has 1 atom stereocenters. The molecule has 1 aromatic rings. The Morgan fingerprint density at radius 3 is 2.62 bits per heavy atom. The van der Waals surface area contributed by atoms with Gasteiger partial charge in [-0.15, -0.1) is 0 Å². The molecule has 0 aliphatic heterocycles. The summed E-state index contributed by atoms with van der Waals surface area (Å²) in [6.45, 7) is 1.97. The minimum atomic E-state index is -2.94. The summed E-state index contributed by atoms with van der Waals surface area (Å²) in [6.07, 6.45) is 1.68. The first-order valence-corrected chi connectivity index (χ1v) is 7.84. The third-order valence-corrected chi connectivity index (χ3v) is 3.91. The molecular weight excluding hydrogens is 290 g/mol. The van der Waals surface area contributed by atoms with Crippen LogP contribution in [0.3, 0.4) is 0 Å². The molecule has 1 rings (SSSR count). The van der Waals surface area contributed by atoms with Crippen molar-refractivity contribution in [2.24, 2.45) is 5.73 Å². The first-order valence-electron chi connectivity index (χ1n) is 4.99. The average molecular weight is 306 g/mol. The molecule has 0 aliphatic rings. The molecule has 1 aromatic carbocycles. The molecule has 0 spiro atoms. The highest BCUT2D eigenvalue weighted by Gasteiger charge is 2.12. The first kappa shape index (κ1) is 13.7. The van der Waals surface area contributed by atoms with Crippen LogP contribution in [-0.4, -0.2) is 20.4 Å². The van der Waals surface area contributed by atoms with Crippen LogP contribution < -0.4 is 5.73 Å². The Hall–Kier alpha value is -0.390. The van der Waals surface area contributed by atoms with Crippen molar-refractivity contribution in [3.8, 4) is 0 Å². The molecule has 0 bridgehead atoms. The quantitative estimate of drug-likeness (QED) is 0.927. The van der Waals surface area contributed by atoms with E-state index in [9.17, 15) is 8.42 Å². The lowest BCUT2D eigenvalue weighted by atomic mass is 10.0. The second-order valence-electron chi connectivity index (χ2n) is 4.03. The first-order chi connectivity index (χ1) is 7.29. The summed E-state index contributed by atoms with van der Waals surface area (Å²) < 4.78 is 23.1. The van der Waals surface area contributed by atoms with Gasteiger partial charge in [-0.05, 0) is 36.6 Å². The van der Waals surface area contributed by atoms with Crippen LogP contribution >= 0.6 is 15.9 Å². The van der Waals surface area contributed by atoms with E-state index in [1.165, 1.54) is 6.26 Å². The van der Waals surface area contributed by atoms with E-state index in [4.69, 9.17) is 5.73 Å². The highest BCUT2D eigenvalue weighted by atomic mass is 79.9. The molecule has 1 unspecified atom stereocenters. The zero-order valence-corrected chi connectivity index (χ0v) is 11.8. The number of hydrogen-bond donors (Lipinski definition) is 1. The van der Waals surface area contributed by atoms with Crippen molar-refractivity contribution in [1.82, 2.24) is 0 Å². The van der Waals surface area contributed by atoms with Crippen LogP contribution in [0.1, 0.15) is 23.6 Å². The van der Waals surface area contributed by atoms with Crippen LogP contribution in [0.4, 0.5) is 0 Å². The molecule has 90 valence electrons. The number of aryl methyl sites for hydroxylation is 1. The monoisotopic (exact) mass is 305 g/mol. The molecule has 0 saturated heterocycles. The fourth-order valence-electron chi connectivity index (χ4n) is 1.51. The van der Waals surface area contributed by atoms with Crippen LogP contribution in [0, 0.1) is 6.92 Å². The summed E-state index contributed by atoms with van der Waals surface area (Å²) in [5.74, 6) is 0.125. The normalized spacial score (nSPS) is 13.8. The van der Waals surface area contributed by atoms with Gasteiger partial charge in [-0.25, -0.2) is 8.42 Å². The molecule has 0 saturated carbocycles. The van der Waals surface area contributed by atoms with Crippen molar-refractivity contribution in [2.45, 2.75) is 19.4 Å². The molecule has 16 heavy (non-hydrogen) atoms. The molecule has 0 aromatic heterocycles. The third kappa shape index (κ3) is 4.23. The number of nitrogens with two attached hydrogens (primary N) is 1. The van der Waals surface area contributed by atoms with E-state index in [0.717, 1.165) is 15.6 Å². The van der Waals surface area contributed by atoms with E-state index in [1.54, 1.807) is 0 Å². The summed E-state index contributed by atoms with van der Waals surface area (Å²) in [5, 5.41) is 0. The van der Waals surface area contributed by atoms with Crippen molar-refractivity contribution in [3.63, 3.8) is 0 Å². The molecule has 0 heterocycles. The lowest BCUT2D eigenvalue weighted by Gasteiger charge is -2.14. The number of halogens is 1. The maximum atomic E-state index is 11.1. The number of benzene rings is 1. The van der Waals surface area contributed by atoms with Gasteiger partial charge in [-0.1, -0.05) is 22.0 Å². The van der Waals surface area contributed by atoms with Crippen LogP contribution in [0.5, 0.6) is 0 Å². The Labute approximate surface area is 105 Å². The van der Waals surface area contributed by atoms with Gasteiger partial charge < -0.3 is 5.73 Å². The Balaban J connectivity index is 2.80. The van der Waals surface area contributed by atoms with Crippen molar-refractivity contribution >= 4 is 25.8 Å². The van der Waals surface area contributed by atoms with E-state index in [0.29, 0.717) is 6.42 Å². The van der Waals surface area contributed by atoms with Gasteiger partial charge >= 0.3 is 0 Å². The highest BCUT2D eigenvalue weighted by Crippen LogP contribution is 2.23. The Morgan fingerprint density at radius 1 is 1.44 bits per heavy atom. The van der Waals surface area contributed by atoms with E-state index in [2.05, 4.69) is 15.9 Å². The van der Waals surface area contributed by atoms with E-state index in [-0.39, 0.29) is 11.8 Å². The summed E-state index contributed by atoms with van der Waals surface area (Å²) >= 11 is 3.38. The molecule has 5 heteroatoms. The number of sulfone groups is 1. The molecule has 0 amide bonds. The molecular formula is C11H16BrNO2S. The standard InChI is InChI=1S/C11H16BrNO2S/c1-8-3-4-9(12)7-10(8)11(13)5-6-16(2,14)15/h3-4,7,11H,5-6,13H2,1-2H3. The number of hydrogen-bond acceptors (Lipinski definition) is 3. The van der Waals surface area contributed by atoms with Crippen molar-refractivity contribution in [2.75, 3.05) is 12.0 Å². The predicted octanol–water partition coefficient (Wildman–Crippen LogP) is 2.19. The van der Waals surface area contributed by atoms with Gasteiger partial charge in [0.05, 0.1) is 5.75 Å². The van der Waals surface area contributed by atoms with Crippen molar-refractivity contribution in [1.29, 1.82) is 0 Å². The highest BCUT2D eigenvalue weighted by molar-refractivity contribution is 9.10. The average Bonchev–Trinajstić information content (AvgIpc) is 2.17. The topological polar surface area (TPSA) is 60.2 Å². The summed E-state index contributed by atoms with van der Waals surface area (Å²) in [4.78, 5) is 0. The fourth-order valence-corrected chi connectivity index (χ4v) is 2.57. The Bertz CT molecular complexity index is 471. The van der Waals surface area contributed by atoms with Crippen LogP contribution in [0.25, 0.3) is 0 Å². The maximum Gasteiger partial charge on any atom is 0.147 e. The largest absolute Gasteiger partial charge is 0.324 e. The van der Waals surface area contributed by atoms with Gasteiger partial charge in [-0.3, -0.25) is 0 Å². The Morgan fingerprint density at radius 2 is 2.06 bits per heavy atom. The van der Waals surface area contributed by atoms with E-state index >= 15 is 0 Å². The minimum absolute atomic E-state index is 0.125. The van der Waals surface area contributed by atoms with Gasteiger partial charge in [0.2, 0.25) is 0 Å². The van der Waals surface area contributed by atoms with E-state index in [1.807, 2.05) is 25.1 Å². The SMILES string of the molecule is Cc1ccc(Br)cc1C(N)CCS(C)(=O)=O. The summed E-state index contributed by atoms with van der Waals surface area (Å²) in [6, 6.07) is 5.64. The lowest BCUT2D eigenvalue weighted by molar-refractivity contribution is 0.591. The third-order valence-electron chi connectivity index (χ3n) is 2.44. The second-order valence-corrected chi connectivity index (χ2v) is 7.20. The number of rotatable bonds is 4. The van der Waals surface area contributed by atoms with Crippen LogP contribution in [-0.2, 0) is 9.84 Å². The van der Waals surface area contributed by atoms with Gasteiger partial charge in [0.25, 0.3) is 0 Å². The van der Waals surface area contributed by atoms with Gasteiger partial charge in [-0.2, -0.15) is 0 Å². The molecule has 0 radical (unpaired) electrons. The second kappa shape index (κ2) is 5.29. The zero-order valence-electron chi connectivity index (χ0n) is 9.40. The van der Waals surface area contributed by atoms with Crippen molar-refractivity contribution < 1.29 is 8.42 Å².